The summed E-state index contributed by atoms with van der Waals surface area (Å²) >= 11 is 0. The minimum Gasteiger partial charge on any atom is -0.489 e. The number of likely N-dealkylation sites (N-methyl/N-ethyl adjacent to an activating group) is 1. The van der Waals surface area contributed by atoms with Crippen molar-refractivity contribution < 1.29 is 23.9 Å². The summed E-state index contributed by atoms with van der Waals surface area (Å²) in [7, 11) is 1.49. The van der Waals surface area contributed by atoms with Crippen molar-refractivity contribution in [1.29, 1.82) is 0 Å². The van der Waals surface area contributed by atoms with Gasteiger partial charge in [-0.05, 0) is 24.6 Å². The predicted molar refractivity (Wildman–Crippen MR) is 108 cm³/mol. The van der Waals surface area contributed by atoms with Crippen molar-refractivity contribution in [2.24, 2.45) is 0 Å². The van der Waals surface area contributed by atoms with Crippen molar-refractivity contribution in [2.45, 2.75) is 20.0 Å². The van der Waals surface area contributed by atoms with Crippen LogP contribution < -0.4 is 10.1 Å². The maximum atomic E-state index is 12.4. The minimum atomic E-state index is -0.616. The number of benzene rings is 2. The lowest BCUT2D eigenvalue weighted by atomic mass is 10.1. The third kappa shape index (κ3) is 7.29. The number of amides is 2. The average molecular weight is 398 g/mol. The molecule has 0 fully saturated rings. The van der Waals surface area contributed by atoms with Gasteiger partial charge in [-0.3, -0.25) is 9.59 Å². The molecule has 29 heavy (non-hydrogen) atoms. The first-order chi connectivity index (χ1) is 14.0. The van der Waals surface area contributed by atoms with E-state index < -0.39 is 18.5 Å². The molecule has 0 bridgehead atoms. The first-order valence-electron chi connectivity index (χ1n) is 9.44. The van der Waals surface area contributed by atoms with Gasteiger partial charge in [-0.1, -0.05) is 43.3 Å². The Kier molecular flexibility index (Phi) is 8.69. The second-order valence-corrected chi connectivity index (χ2v) is 6.43. The van der Waals surface area contributed by atoms with Crippen LogP contribution in [0.2, 0.25) is 0 Å². The Labute approximate surface area is 170 Å². The van der Waals surface area contributed by atoms with Crippen LogP contribution in [0.1, 0.15) is 29.3 Å². The highest BCUT2D eigenvalue weighted by Gasteiger charge is 2.17. The third-order valence-electron chi connectivity index (χ3n) is 4.08. The molecule has 0 aromatic heterocycles. The molecule has 7 heteroatoms. The first kappa shape index (κ1) is 21.9. The van der Waals surface area contributed by atoms with Gasteiger partial charge in [0.2, 0.25) is 5.91 Å². The molecule has 2 rings (SSSR count). The number of hydrogen-bond acceptors (Lipinski definition) is 5. The molecule has 0 saturated heterocycles. The van der Waals surface area contributed by atoms with Crippen LogP contribution in [0, 0.1) is 0 Å². The molecule has 0 spiro atoms. The fourth-order valence-electron chi connectivity index (χ4n) is 2.46. The summed E-state index contributed by atoms with van der Waals surface area (Å²) in [6.45, 7) is 2.16. The molecule has 2 aromatic rings. The Morgan fingerprint density at radius 3 is 2.41 bits per heavy atom. The number of para-hydroxylation sites is 1. The number of nitrogens with one attached hydrogen (secondary N) is 1. The Balaban J connectivity index is 1.88. The zero-order chi connectivity index (χ0) is 21.1. The monoisotopic (exact) mass is 398 g/mol. The summed E-state index contributed by atoms with van der Waals surface area (Å²) < 4.78 is 10.8. The van der Waals surface area contributed by atoms with Crippen LogP contribution in [0.5, 0.6) is 5.75 Å². The summed E-state index contributed by atoms with van der Waals surface area (Å²) in [4.78, 5) is 37.5. The molecule has 0 aliphatic rings. The summed E-state index contributed by atoms with van der Waals surface area (Å²) in [6.07, 6.45) is 0.814. The quantitative estimate of drug-likeness (QED) is 0.621. The van der Waals surface area contributed by atoms with E-state index in [1.807, 2.05) is 37.3 Å². The van der Waals surface area contributed by atoms with Crippen LogP contribution in [-0.2, 0) is 20.9 Å². The van der Waals surface area contributed by atoms with E-state index in [0.717, 1.165) is 6.42 Å². The molecule has 154 valence electrons. The van der Waals surface area contributed by atoms with Gasteiger partial charge < -0.3 is 19.7 Å². The van der Waals surface area contributed by atoms with Crippen LogP contribution in [0.15, 0.2) is 54.6 Å². The van der Waals surface area contributed by atoms with Gasteiger partial charge in [-0.15, -0.1) is 0 Å². The fraction of sp³-hybridized carbons (Fsp3) is 0.318. The SMILES string of the molecule is CCCNC(=O)CN(C)C(=O)COC(=O)c1ccccc1COc1ccccc1. The van der Waals surface area contributed by atoms with Gasteiger partial charge in [0.05, 0.1) is 12.1 Å². The topological polar surface area (TPSA) is 84.9 Å². The van der Waals surface area contributed by atoms with Crippen molar-refractivity contribution in [1.82, 2.24) is 10.2 Å². The lowest BCUT2D eigenvalue weighted by molar-refractivity contribution is -0.137. The number of nitrogens with zero attached hydrogens (tertiary/aromatic N) is 1. The van der Waals surface area contributed by atoms with E-state index in [-0.39, 0.29) is 19.1 Å². The Morgan fingerprint density at radius 1 is 1.00 bits per heavy atom. The average Bonchev–Trinajstić information content (AvgIpc) is 2.75. The number of rotatable bonds is 10. The number of esters is 1. The third-order valence-corrected chi connectivity index (χ3v) is 4.08. The number of hydrogen-bond donors (Lipinski definition) is 1. The summed E-state index contributed by atoms with van der Waals surface area (Å²) in [5.41, 5.74) is 0.987. The smallest absolute Gasteiger partial charge is 0.339 e. The van der Waals surface area contributed by atoms with Crippen molar-refractivity contribution in [3.8, 4) is 5.75 Å². The van der Waals surface area contributed by atoms with E-state index in [4.69, 9.17) is 9.47 Å². The number of ether oxygens (including phenoxy) is 2. The van der Waals surface area contributed by atoms with Crippen molar-refractivity contribution in [3.63, 3.8) is 0 Å². The van der Waals surface area contributed by atoms with Gasteiger partial charge in [0.25, 0.3) is 5.91 Å². The molecular weight excluding hydrogens is 372 g/mol. The van der Waals surface area contributed by atoms with Crippen molar-refractivity contribution in [2.75, 3.05) is 26.7 Å². The van der Waals surface area contributed by atoms with E-state index in [0.29, 0.717) is 23.4 Å². The van der Waals surface area contributed by atoms with Crippen LogP contribution >= 0.6 is 0 Å². The molecule has 0 aliphatic carbocycles. The number of carbonyl (C=O) groups excluding carboxylic acids is 3. The van der Waals surface area contributed by atoms with Crippen molar-refractivity contribution >= 4 is 17.8 Å². The normalized spacial score (nSPS) is 10.1. The molecule has 7 nitrogen and oxygen atoms in total. The van der Waals surface area contributed by atoms with Gasteiger partial charge in [0.15, 0.2) is 6.61 Å². The molecule has 0 radical (unpaired) electrons. The van der Waals surface area contributed by atoms with Gasteiger partial charge in [-0.25, -0.2) is 4.79 Å². The highest BCUT2D eigenvalue weighted by atomic mass is 16.5. The summed E-state index contributed by atoms with van der Waals surface area (Å²) in [5.74, 6) is -0.635. The van der Waals surface area contributed by atoms with Gasteiger partial charge in [0.1, 0.15) is 12.4 Å². The Hall–Kier alpha value is -3.35. The second kappa shape index (κ2) is 11.5. The molecule has 1 N–H and O–H groups in total. The molecule has 0 saturated carbocycles. The minimum absolute atomic E-state index is 0.0854. The van der Waals surface area contributed by atoms with Crippen LogP contribution in [0.3, 0.4) is 0 Å². The largest absolute Gasteiger partial charge is 0.489 e. The zero-order valence-corrected chi connectivity index (χ0v) is 16.7. The maximum absolute atomic E-state index is 12.4. The lowest BCUT2D eigenvalue weighted by Gasteiger charge is -2.17. The molecule has 0 aliphatic heterocycles. The van der Waals surface area contributed by atoms with Gasteiger partial charge in [0, 0.05) is 19.2 Å². The molecule has 2 amide bonds. The maximum Gasteiger partial charge on any atom is 0.339 e. The van der Waals surface area contributed by atoms with E-state index in [2.05, 4.69) is 5.32 Å². The molecule has 0 unspecified atom stereocenters. The Morgan fingerprint density at radius 2 is 1.69 bits per heavy atom. The Bertz CT molecular complexity index is 823. The molecule has 2 aromatic carbocycles. The zero-order valence-electron chi connectivity index (χ0n) is 16.7. The summed E-state index contributed by atoms with van der Waals surface area (Å²) in [6, 6.07) is 16.2. The second-order valence-electron chi connectivity index (χ2n) is 6.43. The highest BCUT2D eigenvalue weighted by molar-refractivity contribution is 5.93. The van der Waals surface area contributed by atoms with E-state index in [9.17, 15) is 14.4 Å². The predicted octanol–water partition coefficient (Wildman–Crippen LogP) is 2.41. The van der Waals surface area contributed by atoms with E-state index in [1.165, 1.54) is 11.9 Å². The van der Waals surface area contributed by atoms with Crippen LogP contribution in [0.25, 0.3) is 0 Å². The number of carbonyl (C=O) groups is 3. The van der Waals surface area contributed by atoms with Gasteiger partial charge in [-0.2, -0.15) is 0 Å². The van der Waals surface area contributed by atoms with Gasteiger partial charge >= 0.3 is 5.97 Å². The first-order valence-corrected chi connectivity index (χ1v) is 9.44. The molecular formula is C22H26N2O5. The fourth-order valence-corrected chi connectivity index (χ4v) is 2.46. The van der Waals surface area contributed by atoms with Crippen LogP contribution in [0.4, 0.5) is 0 Å². The van der Waals surface area contributed by atoms with E-state index in [1.54, 1.807) is 24.3 Å². The van der Waals surface area contributed by atoms with Crippen molar-refractivity contribution in [3.05, 3.63) is 65.7 Å². The molecule has 0 heterocycles. The molecule has 0 atom stereocenters. The van der Waals surface area contributed by atoms with Crippen LogP contribution in [-0.4, -0.2) is 49.4 Å². The van der Waals surface area contributed by atoms with E-state index >= 15 is 0 Å². The summed E-state index contributed by atoms with van der Waals surface area (Å²) in [5, 5.41) is 2.69. The lowest BCUT2D eigenvalue weighted by Crippen LogP contribution is -2.40. The standard InChI is InChI=1S/C22H26N2O5/c1-3-13-23-20(25)14-24(2)21(26)16-29-22(27)19-12-8-7-9-17(19)15-28-18-10-5-4-6-11-18/h4-12H,3,13-16H2,1-2H3,(H,23,25). The highest BCUT2D eigenvalue weighted by Crippen LogP contribution is 2.15.